The first kappa shape index (κ1) is 11.8. The second-order valence-corrected chi connectivity index (χ2v) is 5.07. The molecule has 0 amide bonds. The minimum atomic E-state index is -0.871. The van der Waals surface area contributed by atoms with Crippen molar-refractivity contribution in [1.82, 2.24) is 9.97 Å². The number of nitrogens with one attached hydrogen (secondary N) is 1. The smallest absolute Gasteiger partial charge is 0.306 e. The highest BCUT2D eigenvalue weighted by Crippen LogP contribution is 2.22. The number of hydrogen-bond donors (Lipinski definition) is 1. The van der Waals surface area contributed by atoms with Gasteiger partial charge in [0.1, 0.15) is 0 Å². The third-order valence-corrected chi connectivity index (χ3v) is 3.52. The van der Waals surface area contributed by atoms with Gasteiger partial charge in [0.2, 0.25) is 5.12 Å². The fraction of sp³-hybridized carbons (Fsp3) is 0.583. The Kier molecular flexibility index (Phi) is 4.31. The molecule has 1 aliphatic heterocycles. The number of esters is 1. The van der Waals surface area contributed by atoms with Gasteiger partial charge < -0.3 is 9.72 Å². The summed E-state index contributed by atoms with van der Waals surface area (Å²) >= 11 is 1.07. The molecule has 0 bridgehead atoms. The highest BCUT2D eigenvalue weighted by molar-refractivity contribution is 8.14. The van der Waals surface area contributed by atoms with E-state index in [0.717, 1.165) is 30.3 Å². The largest absolute Gasteiger partial charge is 0.453 e. The van der Waals surface area contributed by atoms with Crippen molar-refractivity contribution in [3.8, 4) is 0 Å². The molecule has 6 heteroatoms. The molecule has 1 aromatic rings. The Morgan fingerprint density at radius 3 is 3.22 bits per heavy atom. The normalized spacial score (nSPS) is 24.0. The Labute approximate surface area is 111 Å². The van der Waals surface area contributed by atoms with E-state index in [4.69, 9.17) is 6.11 Å². The molecular formula is C12H16N2O3S. The van der Waals surface area contributed by atoms with Crippen LogP contribution in [0.2, 0.25) is 0 Å². The van der Waals surface area contributed by atoms with E-state index in [9.17, 15) is 9.59 Å². The molecule has 0 radical (unpaired) electrons. The summed E-state index contributed by atoms with van der Waals surface area (Å²) in [5.41, 5.74) is 0.974. The number of aromatic amines is 1. The second kappa shape index (κ2) is 6.58. The van der Waals surface area contributed by atoms with E-state index >= 15 is 0 Å². The van der Waals surface area contributed by atoms with Crippen molar-refractivity contribution in [2.24, 2.45) is 0 Å². The van der Waals surface area contributed by atoms with Crippen LogP contribution in [0, 0.1) is 0 Å². The fourth-order valence-corrected chi connectivity index (χ4v) is 2.44. The molecular weight excluding hydrogens is 252 g/mol. The lowest BCUT2D eigenvalue weighted by Gasteiger charge is -2.09. The van der Waals surface area contributed by atoms with Crippen LogP contribution < -0.4 is 0 Å². The first-order chi connectivity index (χ1) is 9.16. The monoisotopic (exact) mass is 269 g/mol. The number of carbonyl (C=O) groups excluding carboxylic acids is 2. The maximum Gasteiger partial charge on any atom is 0.306 e. The number of rotatable bonds is 6. The molecule has 0 saturated carbocycles. The molecule has 2 unspecified atom stereocenters. The summed E-state index contributed by atoms with van der Waals surface area (Å²) in [6.45, 7) is 0. The van der Waals surface area contributed by atoms with E-state index in [1.165, 1.54) is 0 Å². The molecule has 1 saturated heterocycles. The third-order valence-electron chi connectivity index (χ3n) is 2.65. The molecule has 1 N–H and O–H groups in total. The third kappa shape index (κ3) is 3.87. The lowest BCUT2D eigenvalue weighted by Crippen LogP contribution is -2.20. The van der Waals surface area contributed by atoms with Gasteiger partial charge in [0.25, 0.3) is 0 Å². The van der Waals surface area contributed by atoms with Crippen LogP contribution in [0.15, 0.2) is 12.5 Å². The average Bonchev–Trinajstić information content (AvgIpc) is 3.00. The van der Waals surface area contributed by atoms with Gasteiger partial charge in [0.05, 0.1) is 12.0 Å². The van der Waals surface area contributed by atoms with Crippen LogP contribution in [-0.2, 0) is 20.7 Å². The molecule has 1 aliphatic rings. The van der Waals surface area contributed by atoms with E-state index in [0.29, 0.717) is 12.2 Å². The van der Waals surface area contributed by atoms with Crippen molar-refractivity contribution in [1.29, 1.82) is 0 Å². The summed E-state index contributed by atoms with van der Waals surface area (Å²) < 4.78 is 12.6. The second-order valence-electron chi connectivity index (χ2n) is 4.04. The fourth-order valence-electron chi connectivity index (χ4n) is 1.70. The minimum Gasteiger partial charge on any atom is -0.453 e. The molecule has 1 fully saturated rings. The summed E-state index contributed by atoms with van der Waals surface area (Å²) in [5.74, 6) is 0.0239. The number of aromatic nitrogens is 2. The summed E-state index contributed by atoms with van der Waals surface area (Å²) in [4.78, 5) is 29.9. The summed E-state index contributed by atoms with van der Waals surface area (Å²) in [5, 5.41) is -0.204. The summed E-state index contributed by atoms with van der Waals surface area (Å²) in [6, 6.07) is 0. The maximum absolute atomic E-state index is 11.6. The number of carbonyl (C=O) groups is 2. The Balaban J connectivity index is 1.63. The quantitative estimate of drug-likeness (QED) is 0.628. The lowest BCUT2D eigenvalue weighted by molar-refractivity contribution is -0.152. The molecule has 98 valence electrons. The molecule has 0 aliphatic carbocycles. The molecule has 2 rings (SSSR count). The predicted molar refractivity (Wildman–Crippen MR) is 68.1 cm³/mol. The Bertz CT molecular complexity index is 438. The van der Waals surface area contributed by atoms with Crippen LogP contribution in [-0.4, -0.2) is 32.9 Å². The molecule has 2 atom stereocenters. The van der Waals surface area contributed by atoms with E-state index in [1.54, 1.807) is 6.33 Å². The van der Waals surface area contributed by atoms with Crippen molar-refractivity contribution in [2.45, 2.75) is 38.2 Å². The number of aryl methyl sites for hydroxylation is 1. The van der Waals surface area contributed by atoms with Crippen molar-refractivity contribution >= 4 is 22.8 Å². The SMILES string of the molecule is [2H]C1CSC(=O)C1OC(=O)CCCCc1c[nH]cn1. The van der Waals surface area contributed by atoms with E-state index in [-0.39, 0.29) is 17.5 Å². The molecule has 2 heterocycles. The molecule has 0 aromatic carbocycles. The van der Waals surface area contributed by atoms with E-state index in [2.05, 4.69) is 9.97 Å². The number of hydrogen-bond acceptors (Lipinski definition) is 5. The average molecular weight is 269 g/mol. The van der Waals surface area contributed by atoms with Gasteiger partial charge in [-0.15, -0.1) is 0 Å². The standard InChI is InChI=1S/C12H16N2O3S/c15-11(17-10-5-6-18-12(10)16)4-2-1-3-9-7-13-8-14-9/h7-8,10H,1-6H2,(H,13,14)/i5D. The number of H-pyrrole nitrogens is 1. The number of unbranched alkanes of at least 4 members (excludes halogenated alkanes) is 1. The first-order valence-corrected chi connectivity index (χ1v) is 6.91. The van der Waals surface area contributed by atoms with E-state index < -0.39 is 12.5 Å². The van der Waals surface area contributed by atoms with Gasteiger partial charge >= 0.3 is 5.97 Å². The van der Waals surface area contributed by atoms with Crippen molar-refractivity contribution in [3.63, 3.8) is 0 Å². The Hall–Kier alpha value is -1.30. The van der Waals surface area contributed by atoms with Gasteiger partial charge in [-0.05, 0) is 19.3 Å². The molecule has 1 aromatic heterocycles. The van der Waals surface area contributed by atoms with Crippen LogP contribution in [0.1, 0.15) is 32.7 Å². The topological polar surface area (TPSA) is 72.1 Å². The van der Waals surface area contributed by atoms with Crippen molar-refractivity contribution < 1.29 is 15.7 Å². The molecule has 5 nitrogen and oxygen atoms in total. The van der Waals surface area contributed by atoms with Crippen LogP contribution in [0.25, 0.3) is 0 Å². The highest BCUT2D eigenvalue weighted by Gasteiger charge is 2.28. The summed E-state index contributed by atoms with van der Waals surface area (Å²) in [6.07, 6.45) is 4.61. The van der Waals surface area contributed by atoms with E-state index in [1.807, 2.05) is 6.20 Å². The molecule has 0 spiro atoms. The zero-order valence-corrected chi connectivity index (χ0v) is 10.7. The van der Waals surface area contributed by atoms with Crippen LogP contribution in [0.4, 0.5) is 0 Å². The Morgan fingerprint density at radius 1 is 1.67 bits per heavy atom. The highest BCUT2D eigenvalue weighted by atomic mass is 32.2. The summed E-state index contributed by atoms with van der Waals surface area (Å²) in [7, 11) is 0. The zero-order chi connectivity index (χ0) is 13.7. The van der Waals surface area contributed by atoms with Gasteiger partial charge in [0, 0.05) is 26.1 Å². The number of imidazole rings is 1. The van der Waals surface area contributed by atoms with Crippen molar-refractivity contribution in [2.75, 3.05) is 5.75 Å². The van der Waals surface area contributed by atoms with Gasteiger partial charge in [0.15, 0.2) is 6.10 Å². The first-order valence-electron chi connectivity index (χ1n) is 6.50. The minimum absolute atomic E-state index is 0.204. The van der Waals surface area contributed by atoms with Crippen molar-refractivity contribution in [3.05, 3.63) is 18.2 Å². The van der Waals surface area contributed by atoms with Gasteiger partial charge in [-0.2, -0.15) is 0 Å². The van der Waals surface area contributed by atoms with Crippen LogP contribution in [0.5, 0.6) is 0 Å². The predicted octanol–water partition coefficient (Wildman–Crippen LogP) is 1.70. The Morgan fingerprint density at radius 2 is 2.56 bits per heavy atom. The van der Waals surface area contributed by atoms with Crippen LogP contribution >= 0.6 is 11.8 Å². The van der Waals surface area contributed by atoms with Gasteiger partial charge in [-0.3, -0.25) is 9.59 Å². The molecule has 18 heavy (non-hydrogen) atoms. The maximum atomic E-state index is 11.6. The number of thioether (sulfide) groups is 1. The van der Waals surface area contributed by atoms with Gasteiger partial charge in [-0.1, -0.05) is 11.8 Å². The number of ether oxygens (including phenoxy) is 1. The zero-order valence-electron chi connectivity index (χ0n) is 10.9. The van der Waals surface area contributed by atoms with Gasteiger partial charge in [-0.25, -0.2) is 4.98 Å². The van der Waals surface area contributed by atoms with Crippen LogP contribution in [0.3, 0.4) is 0 Å². The number of nitrogens with zero attached hydrogens (tertiary/aromatic N) is 1. The lowest BCUT2D eigenvalue weighted by atomic mass is 10.1.